The summed E-state index contributed by atoms with van der Waals surface area (Å²) in [7, 11) is 0. The highest BCUT2D eigenvalue weighted by atomic mass is 19.1. The summed E-state index contributed by atoms with van der Waals surface area (Å²) in [6.45, 7) is 0. The van der Waals surface area contributed by atoms with Gasteiger partial charge in [-0.15, -0.1) is 0 Å². The van der Waals surface area contributed by atoms with Gasteiger partial charge in [-0.3, -0.25) is 0 Å². The molecular formula is C30H21FN2. The molecule has 0 radical (unpaired) electrons. The minimum Gasteiger partial charge on any atom is -0.354 e. The van der Waals surface area contributed by atoms with Gasteiger partial charge in [0, 0.05) is 22.1 Å². The Hall–Kier alpha value is -4.37. The van der Waals surface area contributed by atoms with Gasteiger partial charge in [0.1, 0.15) is 5.82 Å². The van der Waals surface area contributed by atoms with Crippen LogP contribution in [0.4, 0.5) is 15.8 Å². The Balaban J connectivity index is 1.60. The summed E-state index contributed by atoms with van der Waals surface area (Å²) in [5.41, 5.74) is 7.50. The number of halogens is 1. The van der Waals surface area contributed by atoms with Crippen LogP contribution in [0, 0.1) is 5.82 Å². The molecule has 0 unspecified atom stereocenters. The van der Waals surface area contributed by atoms with E-state index in [1.165, 1.54) is 34.0 Å². The lowest BCUT2D eigenvalue weighted by Gasteiger charge is -2.14. The van der Waals surface area contributed by atoms with Crippen LogP contribution in [-0.4, -0.2) is 4.57 Å². The van der Waals surface area contributed by atoms with Gasteiger partial charge in [-0.05, 0) is 59.7 Å². The second kappa shape index (κ2) is 7.95. The Kier molecular flexibility index (Phi) is 4.66. The summed E-state index contributed by atoms with van der Waals surface area (Å²) in [5, 5.41) is 5.87. The van der Waals surface area contributed by atoms with Crippen molar-refractivity contribution in [3.05, 3.63) is 127 Å². The number of hydrogen-bond acceptors (Lipinski definition) is 1. The Labute approximate surface area is 191 Å². The molecule has 0 amide bonds. The van der Waals surface area contributed by atoms with Gasteiger partial charge in [0.2, 0.25) is 0 Å². The lowest BCUT2D eigenvalue weighted by molar-refractivity contribution is 0.628. The molecule has 0 fully saturated rings. The van der Waals surface area contributed by atoms with Gasteiger partial charge < -0.3 is 9.88 Å². The lowest BCUT2D eigenvalue weighted by Crippen LogP contribution is -1.98. The molecule has 1 N–H and O–H groups in total. The molecule has 0 spiro atoms. The van der Waals surface area contributed by atoms with E-state index in [0.717, 1.165) is 28.1 Å². The number of aromatic nitrogens is 1. The van der Waals surface area contributed by atoms with E-state index in [9.17, 15) is 4.39 Å². The van der Waals surface area contributed by atoms with Crippen LogP contribution in [0.3, 0.4) is 0 Å². The van der Waals surface area contributed by atoms with Gasteiger partial charge in [-0.25, -0.2) is 4.39 Å². The van der Waals surface area contributed by atoms with Crippen molar-refractivity contribution in [1.82, 2.24) is 4.57 Å². The first-order chi connectivity index (χ1) is 16.3. The minimum absolute atomic E-state index is 0.245. The van der Waals surface area contributed by atoms with Gasteiger partial charge in [0.05, 0.1) is 16.7 Å². The summed E-state index contributed by atoms with van der Waals surface area (Å²) >= 11 is 0. The largest absolute Gasteiger partial charge is 0.354 e. The van der Waals surface area contributed by atoms with E-state index in [2.05, 4.69) is 101 Å². The number of rotatable bonds is 4. The van der Waals surface area contributed by atoms with Gasteiger partial charge in [-0.2, -0.15) is 0 Å². The minimum atomic E-state index is -0.245. The molecule has 5 aromatic carbocycles. The van der Waals surface area contributed by atoms with Gasteiger partial charge in [0.25, 0.3) is 0 Å². The molecule has 0 saturated carbocycles. The first-order valence-corrected chi connectivity index (χ1v) is 11.0. The van der Waals surface area contributed by atoms with Crippen molar-refractivity contribution in [1.29, 1.82) is 0 Å². The van der Waals surface area contributed by atoms with Crippen molar-refractivity contribution in [2.75, 3.05) is 5.32 Å². The fraction of sp³-hybridized carbons (Fsp3) is 0. The maximum absolute atomic E-state index is 13.4. The molecule has 1 heterocycles. The summed E-state index contributed by atoms with van der Waals surface area (Å²) in [6.07, 6.45) is 0. The van der Waals surface area contributed by atoms with Crippen LogP contribution in [0.25, 0.3) is 38.6 Å². The molecule has 0 saturated heterocycles. The van der Waals surface area contributed by atoms with E-state index in [1.807, 2.05) is 6.07 Å². The smallest absolute Gasteiger partial charge is 0.123 e. The molecule has 0 bridgehead atoms. The number of nitrogens with one attached hydrogen (secondary N) is 1. The van der Waals surface area contributed by atoms with Crippen molar-refractivity contribution in [2.24, 2.45) is 0 Å². The standard InChI is InChI=1S/C30H21FN2/c31-23-16-18-24(19-17-23)32-28-14-7-13-27-26-12-4-5-15-29(26)33(30(27)28)25-11-6-10-22(20-25)21-8-2-1-3-9-21/h1-20,32H. The fourth-order valence-corrected chi connectivity index (χ4v) is 4.53. The van der Waals surface area contributed by atoms with Gasteiger partial charge >= 0.3 is 0 Å². The third kappa shape index (κ3) is 3.44. The number of para-hydroxylation sites is 2. The van der Waals surface area contributed by atoms with Crippen LogP contribution >= 0.6 is 0 Å². The first kappa shape index (κ1) is 19.3. The van der Waals surface area contributed by atoms with Crippen molar-refractivity contribution in [3.63, 3.8) is 0 Å². The normalized spacial score (nSPS) is 11.2. The van der Waals surface area contributed by atoms with Crippen LogP contribution in [0.2, 0.25) is 0 Å². The second-order valence-corrected chi connectivity index (χ2v) is 8.10. The van der Waals surface area contributed by atoms with Gasteiger partial charge in [-0.1, -0.05) is 72.8 Å². The first-order valence-electron chi connectivity index (χ1n) is 11.0. The van der Waals surface area contributed by atoms with E-state index in [-0.39, 0.29) is 5.82 Å². The lowest BCUT2D eigenvalue weighted by atomic mass is 10.1. The highest BCUT2D eigenvalue weighted by molar-refractivity contribution is 6.13. The van der Waals surface area contributed by atoms with Crippen molar-refractivity contribution in [2.45, 2.75) is 0 Å². The molecule has 0 atom stereocenters. The highest BCUT2D eigenvalue weighted by Gasteiger charge is 2.16. The third-order valence-corrected chi connectivity index (χ3v) is 6.03. The quantitative estimate of drug-likeness (QED) is 0.299. The molecule has 6 rings (SSSR count). The molecule has 0 aliphatic rings. The van der Waals surface area contributed by atoms with Crippen LogP contribution in [-0.2, 0) is 0 Å². The van der Waals surface area contributed by atoms with Crippen molar-refractivity contribution >= 4 is 33.2 Å². The number of nitrogens with zero attached hydrogens (tertiary/aromatic N) is 1. The van der Waals surface area contributed by atoms with Crippen molar-refractivity contribution < 1.29 is 4.39 Å². The predicted octanol–water partition coefficient (Wildman–Crippen LogP) is 8.33. The monoisotopic (exact) mass is 428 g/mol. The molecule has 0 aliphatic carbocycles. The Morgan fingerprint density at radius 1 is 0.576 bits per heavy atom. The zero-order valence-electron chi connectivity index (χ0n) is 17.9. The zero-order valence-corrected chi connectivity index (χ0v) is 17.9. The van der Waals surface area contributed by atoms with E-state index in [0.29, 0.717) is 0 Å². The molecule has 0 aliphatic heterocycles. The van der Waals surface area contributed by atoms with Crippen LogP contribution in [0.15, 0.2) is 121 Å². The predicted molar refractivity (Wildman–Crippen MR) is 136 cm³/mol. The van der Waals surface area contributed by atoms with Crippen LogP contribution < -0.4 is 5.32 Å². The average molecular weight is 429 g/mol. The van der Waals surface area contributed by atoms with E-state index < -0.39 is 0 Å². The molecule has 33 heavy (non-hydrogen) atoms. The summed E-state index contributed by atoms with van der Waals surface area (Å²) < 4.78 is 15.8. The molecular weight excluding hydrogens is 407 g/mol. The van der Waals surface area contributed by atoms with E-state index >= 15 is 0 Å². The Bertz CT molecular complexity index is 1580. The fourth-order valence-electron chi connectivity index (χ4n) is 4.53. The maximum Gasteiger partial charge on any atom is 0.123 e. The summed E-state index contributed by atoms with van der Waals surface area (Å²) in [6, 6.07) is 40.3. The summed E-state index contributed by atoms with van der Waals surface area (Å²) in [5.74, 6) is -0.245. The summed E-state index contributed by atoms with van der Waals surface area (Å²) in [4.78, 5) is 0. The topological polar surface area (TPSA) is 17.0 Å². The van der Waals surface area contributed by atoms with Crippen LogP contribution in [0.1, 0.15) is 0 Å². The molecule has 2 nitrogen and oxygen atoms in total. The average Bonchev–Trinajstić information content (AvgIpc) is 3.22. The Morgan fingerprint density at radius 2 is 1.27 bits per heavy atom. The third-order valence-electron chi connectivity index (χ3n) is 6.03. The zero-order chi connectivity index (χ0) is 22.2. The van der Waals surface area contributed by atoms with E-state index in [4.69, 9.17) is 0 Å². The van der Waals surface area contributed by atoms with Crippen molar-refractivity contribution in [3.8, 4) is 16.8 Å². The molecule has 6 aromatic rings. The van der Waals surface area contributed by atoms with Crippen LogP contribution in [0.5, 0.6) is 0 Å². The second-order valence-electron chi connectivity index (χ2n) is 8.10. The number of anilines is 2. The SMILES string of the molecule is Fc1ccc(Nc2cccc3c4ccccc4n(-c4cccc(-c5ccccc5)c4)c23)cc1. The van der Waals surface area contributed by atoms with E-state index in [1.54, 1.807) is 12.1 Å². The molecule has 3 heteroatoms. The maximum atomic E-state index is 13.4. The highest BCUT2D eigenvalue weighted by Crippen LogP contribution is 2.37. The Morgan fingerprint density at radius 3 is 2.12 bits per heavy atom. The van der Waals surface area contributed by atoms with Gasteiger partial charge in [0.15, 0.2) is 0 Å². The molecule has 158 valence electrons. The number of fused-ring (bicyclic) bond motifs is 3. The molecule has 1 aromatic heterocycles. The number of hydrogen-bond donors (Lipinski definition) is 1. The number of benzene rings is 5.